The fourth-order valence-electron chi connectivity index (χ4n) is 2.36. The number of rotatable bonds is 1. The summed E-state index contributed by atoms with van der Waals surface area (Å²) in [6.45, 7) is 1.96. The molecule has 2 aromatic heterocycles. The van der Waals surface area contributed by atoms with Crippen LogP contribution in [-0.4, -0.2) is 15.0 Å². The van der Waals surface area contributed by atoms with E-state index in [9.17, 15) is 0 Å². The summed E-state index contributed by atoms with van der Waals surface area (Å²) in [5.74, 6) is 0.576. The third-order valence-electron chi connectivity index (χ3n) is 3.36. The van der Waals surface area contributed by atoms with Gasteiger partial charge in [-0.25, -0.2) is 15.0 Å². The maximum Gasteiger partial charge on any atom is 0.181 e. The van der Waals surface area contributed by atoms with Gasteiger partial charge in [0.1, 0.15) is 10.8 Å². The first-order valence-electron chi connectivity index (χ1n) is 6.49. The van der Waals surface area contributed by atoms with E-state index in [4.69, 9.17) is 11.6 Å². The van der Waals surface area contributed by atoms with Gasteiger partial charge in [-0.1, -0.05) is 35.9 Å². The molecule has 0 saturated heterocycles. The van der Waals surface area contributed by atoms with E-state index in [2.05, 4.69) is 27.1 Å². The number of fused-ring (bicyclic) bond motifs is 2. The summed E-state index contributed by atoms with van der Waals surface area (Å²) in [7, 11) is 0. The molecular formula is C16H10ClN3S. The smallest absolute Gasteiger partial charge is 0.181 e. The highest BCUT2D eigenvalue weighted by Crippen LogP contribution is 2.29. The Morgan fingerprint density at radius 1 is 1.00 bits per heavy atom. The fourth-order valence-corrected chi connectivity index (χ4v) is 3.18. The molecule has 0 amide bonds. The lowest BCUT2D eigenvalue weighted by atomic mass is 10.1. The molecule has 0 radical (unpaired) electrons. The van der Waals surface area contributed by atoms with Gasteiger partial charge in [0.25, 0.3) is 0 Å². The lowest BCUT2D eigenvalue weighted by Crippen LogP contribution is -1.92. The normalized spacial score (nSPS) is 11.3. The molecule has 0 aliphatic rings. The van der Waals surface area contributed by atoms with Crippen LogP contribution in [0, 0.1) is 6.92 Å². The molecule has 2 aromatic carbocycles. The largest absolute Gasteiger partial charge is 0.238 e. The Kier molecular flexibility index (Phi) is 2.87. The van der Waals surface area contributed by atoms with Crippen LogP contribution in [0.2, 0.25) is 5.15 Å². The third-order valence-corrected chi connectivity index (χ3v) is 4.43. The zero-order valence-electron chi connectivity index (χ0n) is 11.2. The van der Waals surface area contributed by atoms with Crippen molar-refractivity contribution in [3.63, 3.8) is 0 Å². The summed E-state index contributed by atoms with van der Waals surface area (Å²) >= 11 is 7.92. The van der Waals surface area contributed by atoms with Crippen molar-refractivity contribution in [2.75, 3.05) is 0 Å². The molecule has 0 spiro atoms. The maximum absolute atomic E-state index is 6.34. The number of benzene rings is 2. The van der Waals surface area contributed by atoms with Gasteiger partial charge in [-0.15, -0.1) is 11.3 Å². The van der Waals surface area contributed by atoms with Crippen molar-refractivity contribution in [3.8, 4) is 11.5 Å². The van der Waals surface area contributed by atoms with E-state index in [1.807, 2.05) is 36.6 Å². The zero-order valence-corrected chi connectivity index (χ0v) is 12.7. The Balaban J connectivity index is 2.02. The topological polar surface area (TPSA) is 38.7 Å². The summed E-state index contributed by atoms with van der Waals surface area (Å²) < 4.78 is 0. The van der Waals surface area contributed by atoms with Gasteiger partial charge in [0.05, 0.1) is 10.5 Å². The first kappa shape index (κ1) is 12.7. The van der Waals surface area contributed by atoms with Crippen molar-refractivity contribution in [2.45, 2.75) is 6.92 Å². The van der Waals surface area contributed by atoms with Gasteiger partial charge < -0.3 is 0 Å². The van der Waals surface area contributed by atoms with Gasteiger partial charge >= 0.3 is 0 Å². The summed E-state index contributed by atoms with van der Waals surface area (Å²) in [4.78, 5) is 13.4. The molecule has 21 heavy (non-hydrogen) atoms. The molecular weight excluding hydrogens is 302 g/mol. The first-order valence-corrected chi connectivity index (χ1v) is 7.75. The average molecular weight is 312 g/mol. The molecule has 102 valence electrons. The molecule has 0 unspecified atom stereocenters. The number of hydrogen-bond acceptors (Lipinski definition) is 4. The van der Waals surface area contributed by atoms with Crippen molar-refractivity contribution >= 4 is 44.6 Å². The Labute approximate surface area is 130 Å². The summed E-state index contributed by atoms with van der Waals surface area (Å²) in [5.41, 5.74) is 1.61. The predicted octanol–water partition coefficient (Wildman–Crippen LogP) is 4.87. The number of thiazole rings is 1. The number of hydrogen-bond donors (Lipinski definition) is 0. The molecule has 0 atom stereocenters. The fraction of sp³-hybridized carbons (Fsp3) is 0.0625. The Morgan fingerprint density at radius 2 is 1.76 bits per heavy atom. The second-order valence-corrected chi connectivity index (χ2v) is 6.23. The van der Waals surface area contributed by atoms with Crippen LogP contribution in [0.5, 0.6) is 0 Å². The maximum atomic E-state index is 6.34. The van der Waals surface area contributed by atoms with Crippen LogP contribution in [0.25, 0.3) is 33.2 Å². The van der Waals surface area contributed by atoms with Gasteiger partial charge in [0.2, 0.25) is 0 Å². The van der Waals surface area contributed by atoms with Crippen molar-refractivity contribution in [1.82, 2.24) is 15.0 Å². The average Bonchev–Trinajstić information content (AvgIpc) is 2.92. The molecule has 0 bridgehead atoms. The van der Waals surface area contributed by atoms with Crippen LogP contribution in [0.15, 0.2) is 41.8 Å². The lowest BCUT2D eigenvalue weighted by molar-refractivity contribution is 1.18. The summed E-state index contributed by atoms with van der Waals surface area (Å²) in [6.07, 6.45) is 0. The highest BCUT2D eigenvalue weighted by atomic mass is 35.5. The highest BCUT2D eigenvalue weighted by Gasteiger charge is 2.11. The van der Waals surface area contributed by atoms with E-state index >= 15 is 0 Å². The van der Waals surface area contributed by atoms with Crippen LogP contribution >= 0.6 is 22.9 Å². The molecule has 4 rings (SSSR count). The minimum Gasteiger partial charge on any atom is -0.238 e. The van der Waals surface area contributed by atoms with E-state index in [0.29, 0.717) is 11.0 Å². The van der Waals surface area contributed by atoms with Crippen molar-refractivity contribution in [3.05, 3.63) is 51.9 Å². The molecule has 0 aliphatic carbocycles. The molecule has 0 fully saturated rings. The summed E-state index contributed by atoms with van der Waals surface area (Å²) in [5, 5.41) is 6.54. The van der Waals surface area contributed by atoms with Crippen molar-refractivity contribution < 1.29 is 0 Å². The first-order chi connectivity index (χ1) is 10.2. The molecule has 0 N–H and O–H groups in total. The minimum absolute atomic E-state index is 0.464. The van der Waals surface area contributed by atoms with E-state index in [1.165, 1.54) is 0 Å². The van der Waals surface area contributed by atoms with E-state index in [0.717, 1.165) is 32.4 Å². The molecule has 0 saturated carbocycles. The SMILES string of the molecule is Cc1nc(-c2nc(Cl)c3cc4ccccc4cc3n2)cs1. The molecule has 2 heterocycles. The van der Waals surface area contributed by atoms with Crippen LogP contribution in [-0.2, 0) is 0 Å². The Bertz CT molecular complexity index is 978. The van der Waals surface area contributed by atoms with Crippen LogP contribution in [0.3, 0.4) is 0 Å². The van der Waals surface area contributed by atoms with Gasteiger partial charge in [-0.3, -0.25) is 0 Å². The van der Waals surface area contributed by atoms with E-state index < -0.39 is 0 Å². The van der Waals surface area contributed by atoms with Gasteiger partial charge in [0, 0.05) is 10.8 Å². The minimum atomic E-state index is 0.464. The van der Waals surface area contributed by atoms with Crippen LogP contribution < -0.4 is 0 Å². The van der Waals surface area contributed by atoms with Gasteiger partial charge in [-0.05, 0) is 29.8 Å². The second kappa shape index (κ2) is 4.76. The number of aryl methyl sites for hydroxylation is 1. The lowest BCUT2D eigenvalue weighted by Gasteiger charge is -2.05. The monoisotopic (exact) mass is 311 g/mol. The summed E-state index contributed by atoms with van der Waals surface area (Å²) in [6, 6.07) is 12.2. The Hall–Kier alpha value is -2.04. The number of halogens is 1. The van der Waals surface area contributed by atoms with Crippen molar-refractivity contribution in [2.24, 2.45) is 0 Å². The van der Waals surface area contributed by atoms with Gasteiger partial charge in [0.15, 0.2) is 5.82 Å². The molecule has 5 heteroatoms. The van der Waals surface area contributed by atoms with E-state index in [1.54, 1.807) is 11.3 Å². The predicted molar refractivity (Wildman–Crippen MR) is 87.9 cm³/mol. The third kappa shape index (κ3) is 2.17. The molecule has 3 nitrogen and oxygen atoms in total. The number of aromatic nitrogens is 3. The van der Waals surface area contributed by atoms with Crippen LogP contribution in [0.1, 0.15) is 5.01 Å². The van der Waals surface area contributed by atoms with Gasteiger partial charge in [-0.2, -0.15) is 0 Å². The van der Waals surface area contributed by atoms with E-state index in [-0.39, 0.29) is 0 Å². The quantitative estimate of drug-likeness (QED) is 0.372. The zero-order chi connectivity index (χ0) is 14.4. The Morgan fingerprint density at radius 3 is 2.48 bits per heavy atom. The standard InChI is InChI=1S/C16H10ClN3S/c1-9-18-14(8-21-9)16-19-13-7-11-5-3-2-4-10(11)6-12(13)15(17)20-16/h2-8H,1H3. The van der Waals surface area contributed by atoms with Crippen LogP contribution in [0.4, 0.5) is 0 Å². The second-order valence-electron chi connectivity index (χ2n) is 4.81. The highest BCUT2D eigenvalue weighted by molar-refractivity contribution is 7.09. The number of nitrogens with zero attached hydrogens (tertiary/aromatic N) is 3. The molecule has 0 aliphatic heterocycles. The molecule has 4 aromatic rings. The van der Waals surface area contributed by atoms with Crippen molar-refractivity contribution in [1.29, 1.82) is 0 Å².